The quantitative estimate of drug-likeness (QED) is 0.767. The molecule has 0 fully saturated rings. The molecule has 1 heterocycles. The van der Waals surface area contributed by atoms with E-state index in [0.717, 1.165) is 5.56 Å². The number of carbonyl (C=O) groups is 2. The van der Waals surface area contributed by atoms with E-state index >= 15 is 0 Å². The molecule has 3 heteroatoms. The third-order valence-corrected chi connectivity index (χ3v) is 3.04. The van der Waals surface area contributed by atoms with E-state index < -0.39 is 11.7 Å². The van der Waals surface area contributed by atoms with Gasteiger partial charge in [-0.1, -0.05) is 42.5 Å². The van der Waals surface area contributed by atoms with Gasteiger partial charge in [0, 0.05) is 6.20 Å². The standard InChI is InChI=1S/C16H11NO2/c18-15-13-8-4-5-9-14(13)17(16(15)19)11-10-12-6-2-1-3-7-12/h1-11H/b11-10+. The summed E-state index contributed by atoms with van der Waals surface area (Å²) >= 11 is 0. The first-order valence-corrected chi connectivity index (χ1v) is 5.97. The number of fused-ring (bicyclic) bond motifs is 1. The van der Waals surface area contributed by atoms with Crippen LogP contribution < -0.4 is 4.90 Å². The van der Waals surface area contributed by atoms with Gasteiger partial charge >= 0.3 is 5.91 Å². The van der Waals surface area contributed by atoms with Gasteiger partial charge in [0.1, 0.15) is 0 Å². The van der Waals surface area contributed by atoms with Crippen LogP contribution in [0.25, 0.3) is 6.08 Å². The molecular formula is C16H11NO2. The summed E-state index contributed by atoms with van der Waals surface area (Å²) in [5.74, 6) is -0.957. The van der Waals surface area contributed by atoms with Crippen molar-refractivity contribution in [3.05, 3.63) is 71.9 Å². The van der Waals surface area contributed by atoms with E-state index in [1.807, 2.05) is 42.5 Å². The van der Waals surface area contributed by atoms with Crippen LogP contribution in [0.4, 0.5) is 5.69 Å². The molecule has 0 aliphatic carbocycles. The lowest BCUT2D eigenvalue weighted by Crippen LogP contribution is -2.23. The number of rotatable bonds is 2. The van der Waals surface area contributed by atoms with Crippen molar-refractivity contribution in [2.75, 3.05) is 4.90 Å². The Morgan fingerprint density at radius 2 is 1.53 bits per heavy atom. The molecule has 19 heavy (non-hydrogen) atoms. The van der Waals surface area contributed by atoms with Crippen molar-refractivity contribution < 1.29 is 9.59 Å². The molecule has 0 saturated carbocycles. The zero-order valence-corrected chi connectivity index (χ0v) is 10.1. The fourth-order valence-corrected chi connectivity index (χ4v) is 2.08. The highest BCUT2D eigenvalue weighted by atomic mass is 16.2. The average molecular weight is 249 g/mol. The smallest absolute Gasteiger partial charge is 0.283 e. The van der Waals surface area contributed by atoms with E-state index in [4.69, 9.17) is 0 Å². The van der Waals surface area contributed by atoms with Crippen LogP contribution in [0.1, 0.15) is 15.9 Å². The van der Waals surface area contributed by atoms with Crippen LogP contribution in [-0.4, -0.2) is 11.7 Å². The molecule has 0 atom stereocenters. The van der Waals surface area contributed by atoms with Crippen LogP contribution >= 0.6 is 0 Å². The fraction of sp³-hybridized carbons (Fsp3) is 0. The normalized spacial score (nSPS) is 14.2. The Kier molecular flexibility index (Phi) is 2.72. The summed E-state index contributed by atoms with van der Waals surface area (Å²) in [6.07, 6.45) is 3.45. The topological polar surface area (TPSA) is 37.4 Å². The Morgan fingerprint density at radius 1 is 0.842 bits per heavy atom. The zero-order valence-electron chi connectivity index (χ0n) is 10.1. The summed E-state index contributed by atoms with van der Waals surface area (Å²) in [4.78, 5) is 25.1. The Bertz CT molecular complexity index is 674. The second-order valence-electron chi connectivity index (χ2n) is 4.25. The van der Waals surface area contributed by atoms with Crippen LogP contribution in [0.15, 0.2) is 60.8 Å². The number of anilines is 1. The van der Waals surface area contributed by atoms with Crippen LogP contribution in [-0.2, 0) is 4.79 Å². The molecule has 1 amide bonds. The van der Waals surface area contributed by atoms with Crippen LogP contribution in [0.5, 0.6) is 0 Å². The monoisotopic (exact) mass is 249 g/mol. The number of ketones is 1. The van der Waals surface area contributed by atoms with Crippen LogP contribution in [0, 0.1) is 0 Å². The summed E-state index contributed by atoms with van der Waals surface area (Å²) in [6.45, 7) is 0. The largest absolute Gasteiger partial charge is 0.303 e. The molecule has 0 aromatic heterocycles. The van der Waals surface area contributed by atoms with Crippen molar-refractivity contribution in [1.82, 2.24) is 0 Å². The minimum Gasteiger partial charge on any atom is -0.283 e. The van der Waals surface area contributed by atoms with Crippen molar-refractivity contribution >= 4 is 23.5 Å². The third-order valence-electron chi connectivity index (χ3n) is 3.04. The number of benzene rings is 2. The summed E-state index contributed by atoms with van der Waals surface area (Å²) < 4.78 is 0. The van der Waals surface area contributed by atoms with Gasteiger partial charge in [-0.05, 0) is 23.8 Å². The van der Waals surface area contributed by atoms with Crippen molar-refractivity contribution in [2.45, 2.75) is 0 Å². The SMILES string of the molecule is O=C1C(=O)N(/C=C/c2ccccc2)c2ccccc21. The molecule has 3 rings (SSSR count). The molecule has 2 aromatic rings. The number of nitrogens with zero attached hydrogens (tertiary/aromatic N) is 1. The van der Waals surface area contributed by atoms with E-state index in [0.29, 0.717) is 11.3 Å². The number of hydrogen-bond acceptors (Lipinski definition) is 2. The van der Waals surface area contributed by atoms with Crippen molar-refractivity contribution in [1.29, 1.82) is 0 Å². The number of para-hydroxylation sites is 1. The molecule has 0 N–H and O–H groups in total. The maximum absolute atomic E-state index is 11.9. The molecule has 0 saturated heterocycles. The van der Waals surface area contributed by atoms with Gasteiger partial charge in [-0.25, -0.2) is 0 Å². The first kappa shape index (κ1) is 11.4. The number of hydrogen-bond donors (Lipinski definition) is 0. The minimum absolute atomic E-state index is 0.451. The van der Waals surface area contributed by atoms with Crippen molar-refractivity contribution in [3.63, 3.8) is 0 Å². The maximum atomic E-state index is 11.9. The summed E-state index contributed by atoms with van der Waals surface area (Å²) in [6, 6.07) is 16.7. The lowest BCUT2D eigenvalue weighted by atomic mass is 10.1. The van der Waals surface area contributed by atoms with Gasteiger partial charge in [0.2, 0.25) is 0 Å². The van der Waals surface area contributed by atoms with Crippen LogP contribution in [0.3, 0.4) is 0 Å². The van der Waals surface area contributed by atoms with Crippen LogP contribution in [0.2, 0.25) is 0 Å². The molecule has 0 bridgehead atoms. The predicted molar refractivity (Wildman–Crippen MR) is 73.7 cm³/mol. The van der Waals surface area contributed by atoms with Gasteiger partial charge < -0.3 is 0 Å². The molecule has 92 valence electrons. The molecule has 1 aliphatic heterocycles. The summed E-state index contributed by atoms with van der Waals surface area (Å²) in [7, 11) is 0. The number of carbonyl (C=O) groups excluding carboxylic acids is 2. The highest BCUT2D eigenvalue weighted by Gasteiger charge is 2.33. The second kappa shape index (κ2) is 4.53. The van der Waals surface area contributed by atoms with Gasteiger partial charge in [0.15, 0.2) is 0 Å². The Balaban J connectivity index is 1.96. The molecule has 0 spiro atoms. The van der Waals surface area contributed by atoms with E-state index in [1.165, 1.54) is 4.90 Å². The van der Waals surface area contributed by atoms with Gasteiger partial charge in [-0.15, -0.1) is 0 Å². The first-order chi connectivity index (χ1) is 9.27. The minimum atomic E-state index is -0.506. The van der Waals surface area contributed by atoms with E-state index in [9.17, 15) is 9.59 Å². The van der Waals surface area contributed by atoms with Crippen molar-refractivity contribution in [2.24, 2.45) is 0 Å². The lowest BCUT2D eigenvalue weighted by Gasteiger charge is -2.10. The summed E-state index contributed by atoms with van der Waals surface area (Å²) in [5.41, 5.74) is 2.09. The molecule has 0 radical (unpaired) electrons. The molecular weight excluding hydrogens is 238 g/mol. The van der Waals surface area contributed by atoms with Gasteiger partial charge in [-0.2, -0.15) is 0 Å². The first-order valence-electron chi connectivity index (χ1n) is 5.97. The lowest BCUT2D eigenvalue weighted by molar-refractivity contribution is -0.113. The highest BCUT2D eigenvalue weighted by Crippen LogP contribution is 2.28. The number of amides is 1. The van der Waals surface area contributed by atoms with E-state index in [2.05, 4.69) is 0 Å². The van der Waals surface area contributed by atoms with Gasteiger partial charge in [0.25, 0.3) is 5.78 Å². The summed E-state index contributed by atoms with van der Waals surface area (Å²) in [5, 5.41) is 0. The van der Waals surface area contributed by atoms with Crippen molar-refractivity contribution in [3.8, 4) is 0 Å². The average Bonchev–Trinajstić information content (AvgIpc) is 2.71. The third kappa shape index (κ3) is 1.95. The van der Waals surface area contributed by atoms with E-state index in [-0.39, 0.29) is 0 Å². The molecule has 0 unspecified atom stereocenters. The fourth-order valence-electron chi connectivity index (χ4n) is 2.08. The van der Waals surface area contributed by atoms with Gasteiger partial charge in [0.05, 0.1) is 11.3 Å². The zero-order chi connectivity index (χ0) is 13.2. The second-order valence-corrected chi connectivity index (χ2v) is 4.25. The predicted octanol–water partition coefficient (Wildman–Crippen LogP) is 2.89. The Morgan fingerprint density at radius 3 is 2.32 bits per heavy atom. The maximum Gasteiger partial charge on any atom is 0.303 e. The molecule has 2 aromatic carbocycles. The van der Waals surface area contributed by atoms with Gasteiger partial charge in [-0.3, -0.25) is 14.5 Å². The number of Topliss-reactive ketones (excluding diaryl/α,β-unsaturated/α-hetero) is 1. The van der Waals surface area contributed by atoms with E-state index in [1.54, 1.807) is 24.4 Å². The Labute approximate surface area is 110 Å². The molecule has 3 nitrogen and oxygen atoms in total. The molecule has 1 aliphatic rings. The Hall–Kier alpha value is -2.68. The highest BCUT2D eigenvalue weighted by molar-refractivity contribution is 6.52.